The predicted molar refractivity (Wildman–Crippen MR) is 74.5 cm³/mol. The third-order valence-electron chi connectivity index (χ3n) is 3.27. The number of hydrogen-bond donors (Lipinski definition) is 1. The van der Waals surface area contributed by atoms with Gasteiger partial charge in [0.1, 0.15) is 11.4 Å². The highest BCUT2D eigenvalue weighted by molar-refractivity contribution is 5.96. The number of carbonyl (C=O) groups excluding carboxylic acids is 2. The summed E-state index contributed by atoms with van der Waals surface area (Å²) in [7, 11) is 3.07. The molecule has 0 atom stereocenters. The van der Waals surface area contributed by atoms with Crippen LogP contribution in [0.2, 0.25) is 0 Å². The van der Waals surface area contributed by atoms with Gasteiger partial charge < -0.3 is 20.3 Å². The molecule has 7 nitrogen and oxygen atoms in total. The molecular formula is C13H18N4O3. The number of esters is 1. The van der Waals surface area contributed by atoms with Crippen LogP contribution in [0.3, 0.4) is 0 Å². The molecule has 1 aromatic heterocycles. The Kier molecular flexibility index (Phi) is 4.07. The molecule has 2 N–H and O–H groups in total. The maximum absolute atomic E-state index is 11.9. The molecule has 0 aliphatic carbocycles. The molecule has 1 saturated heterocycles. The molecular weight excluding hydrogens is 260 g/mol. The highest BCUT2D eigenvalue weighted by Gasteiger charge is 2.24. The summed E-state index contributed by atoms with van der Waals surface area (Å²) >= 11 is 0. The first-order chi connectivity index (χ1) is 9.52. The van der Waals surface area contributed by atoms with Gasteiger partial charge in [-0.05, 0) is 12.5 Å². The summed E-state index contributed by atoms with van der Waals surface area (Å²) in [6.07, 6.45) is 2.29. The van der Waals surface area contributed by atoms with E-state index < -0.39 is 5.97 Å². The SMILES string of the molecule is COC(=O)c1cc(N)cnc1N1CCCN(C)C(=O)C1. The van der Waals surface area contributed by atoms with Crippen LogP contribution in [-0.2, 0) is 9.53 Å². The summed E-state index contributed by atoms with van der Waals surface area (Å²) in [6, 6.07) is 1.52. The molecule has 0 saturated carbocycles. The average Bonchev–Trinajstić information content (AvgIpc) is 2.60. The monoisotopic (exact) mass is 278 g/mol. The molecule has 0 radical (unpaired) electrons. The number of hydrogen-bond acceptors (Lipinski definition) is 6. The summed E-state index contributed by atoms with van der Waals surface area (Å²) in [4.78, 5) is 31.4. The number of amides is 1. The minimum atomic E-state index is -0.509. The molecule has 1 amide bonds. The van der Waals surface area contributed by atoms with Crippen LogP contribution < -0.4 is 10.6 Å². The van der Waals surface area contributed by atoms with Crippen molar-refractivity contribution in [1.29, 1.82) is 0 Å². The molecule has 0 aromatic carbocycles. The van der Waals surface area contributed by atoms with E-state index in [1.807, 2.05) is 0 Å². The van der Waals surface area contributed by atoms with Gasteiger partial charge in [0.15, 0.2) is 0 Å². The van der Waals surface area contributed by atoms with Gasteiger partial charge in [0.25, 0.3) is 0 Å². The molecule has 1 aliphatic rings. The Hall–Kier alpha value is -2.31. The lowest BCUT2D eigenvalue weighted by Crippen LogP contribution is -2.35. The van der Waals surface area contributed by atoms with Gasteiger partial charge in [-0.2, -0.15) is 0 Å². The van der Waals surface area contributed by atoms with Crippen LogP contribution in [0.5, 0.6) is 0 Å². The topological polar surface area (TPSA) is 88.8 Å². The minimum absolute atomic E-state index is 0.00283. The number of anilines is 2. The Bertz CT molecular complexity index is 532. The number of nitrogens with two attached hydrogens (primary N) is 1. The summed E-state index contributed by atoms with van der Waals surface area (Å²) in [5.41, 5.74) is 6.33. The van der Waals surface area contributed by atoms with E-state index in [4.69, 9.17) is 10.5 Å². The Morgan fingerprint density at radius 1 is 1.45 bits per heavy atom. The molecule has 2 rings (SSSR count). The van der Waals surface area contributed by atoms with Crippen molar-refractivity contribution >= 4 is 23.4 Å². The maximum Gasteiger partial charge on any atom is 0.341 e. The van der Waals surface area contributed by atoms with Gasteiger partial charge in [0, 0.05) is 20.1 Å². The van der Waals surface area contributed by atoms with Gasteiger partial charge in [-0.15, -0.1) is 0 Å². The highest BCUT2D eigenvalue weighted by atomic mass is 16.5. The zero-order valence-electron chi connectivity index (χ0n) is 11.6. The number of ether oxygens (including phenoxy) is 1. The van der Waals surface area contributed by atoms with Gasteiger partial charge in [0.2, 0.25) is 5.91 Å². The third-order valence-corrected chi connectivity index (χ3v) is 3.27. The molecule has 1 fully saturated rings. The lowest BCUT2D eigenvalue weighted by atomic mass is 10.2. The number of nitrogen functional groups attached to an aromatic ring is 1. The number of pyridine rings is 1. The first kappa shape index (κ1) is 14.1. The van der Waals surface area contributed by atoms with Crippen molar-refractivity contribution in [3.63, 3.8) is 0 Å². The first-order valence-corrected chi connectivity index (χ1v) is 6.35. The number of likely N-dealkylation sites (N-methyl/N-ethyl adjacent to an activating group) is 1. The average molecular weight is 278 g/mol. The number of aromatic nitrogens is 1. The van der Waals surface area contributed by atoms with E-state index in [1.54, 1.807) is 16.8 Å². The van der Waals surface area contributed by atoms with Crippen molar-refractivity contribution < 1.29 is 14.3 Å². The molecule has 20 heavy (non-hydrogen) atoms. The fourth-order valence-corrected chi connectivity index (χ4v) is 2.15. The van der Waals surface area contributed by atoms with Crippen LogP contribution in [0.1, 0.15) is 16.8 Å². The zero-order valence-corrected chi connectivity index (χ0v) is 11.6. The summed E-state index contributed by atoms with van der Waals surface area (Å²) < 4.78 is 4.75. The molecule has 0 bridgehead atoms. The number of methoxy groups -OCH3 is 1. The fraction of sp³-hybridized carbons (Fsp3) is 0.462. The van der Waals surface area contributed by atoms with E-state index in [0.29, 0.717) is 24.6 Å². The Morgan fingerprint density at radius 2 is 2.20 bits per heavy atom. The Balaban J connectivity index is 2.36. The van der Waals surface area contributed by atoms with Gasteiger partial charge in [-0.25, -0.2) is 9.78 Å². The quantitative estimate of drug-likeness (QED) is 0.773. The van der Waals surface area contributed by atoms with Crippen LogP contribution in [0, 0.1) is 0 Å². The molecule has 0 spiro atoms. The number of carbonyl (C=O) groups is 2. The van der Waals surface area contributed by atoms with Gasteiger partial charge in [-0.1, -0.05) is 0 Å². The van der Waals surface area contributed by atoms with Crippen molar-refractivity contribution in [2.45, 2.75) is 6.42 Å². The molecule has 7 heteroatoms. The van der Waals surface area contributed by atoms with E-state index in [2.05, 4.69) is 4.98 Å². The Morgan fingerprint density at radius 3 is 2.90 bits per heavy atom. The zero-order chi connectivity index (χ0) is 14.7. The van der Waals surface area contributed by atoms with Crippen LogP contribution in [0.15, 0.2) is 12.3 Å². The number of rotatable bonds is 2. The molecule has 1 aromatic rings. The molecule has 108 valence electrons. The van der Waals surface area contributed by atoms with Crippen molar-refractivity contribution in [2.24, 2.45) is 0 Å². The molecule has 1 aliphatic heterocycles. The second-order valence-electron chi connectivity index (χ2n) is 4.72. The van der Waals surface area contributed by atoms with E-state index in [1.165, 1.54) is 19.4 Å². The van der Waals surface area contributed by atoms with Crippen LogP contribution in [0.4, 0.5) is 11.5 Å². The fourth-order valence-electron chi connectivity index (χ4n) is 2.15. The van der Waals surface area contributed by atoms with E-state index in [9.17, 15) is 9.59 Å². The van der Waals surface area contributed by atoms with Crippen LogP contribution in [-0.4, -0.2) is 55.6 Å². The number of nitrogens with zero attached hydrogens (tertiary/aromatic N) is 3. The predicted octanol–water partition coefficient (Wildman–Crippen LogP) is 0.119. The van der Waals surface area contributed by atoms with Crippen molar-refractivity contribution in [1.82, 2.24) is 9.88 Å². The van der Waals surface area contributed by atoms with Crippen molar-refractivity contribution in [2.75, 3.05) is 44.4 Å². The Labute approximate surface area is 117 Å². The van der Waals surface area contributed by atoms with Gasteiger partial charge >= 0.3 is 5.97 Å². The van der Waals surface area contributed by atoms with Crippen LogP contribution in [0.25, 0.3) is 0 Å². The van der Waals surface area contributed by atoms with Crippen molar-refractivity contribution in [3.8, 4) is 0 Å². The maximum atomic E-state index is 11.9. The second kappa shape index (κ2) is 5.77. The van der Waals surface area contributed by atoms with E-state index in [-0.39, 0.29) is 18.0 Å². The third kappa shape index (κ3) is 2.81. The first-order valence-electron chi connectivity index (χ1n) is 6.35. The molecule has 0 unspecified atom stereocenters. The highest BCUT2D eigenvalue weighted by Crippen LogP contribution is 2.22. The molecule has 2 heterocycles. The summed E-state index contributed by atoms with van der Waals surface area (Å²) in [5.74, 6) is -0.0727. The largest absolute Gasteiger partial charge is 0.465 e. The summed E-state index contributed by atoms with van der Waals surface area (Å²) in [5, 5.41) is 0. The van der Waals surface area contributed by atoms with Crippen LogP contribution >= 0.6 is 0 Å². The van der Waals surface area contributed by atoms with Gasteiger partial charge in [0.05, 0.1) is 25.5 Å². The minimum Gasteiger partial charge on any atom is -0.465 e. The van der Waals surface area contributed by atoms with E-state index >= 15 is 0 Å². The van der Waals surface area contributed by atoms with Crippen molar-refractivity contribution in [3.05, 3.63) is 17.8 Å². The van der Waals surface area contributed by atoms with E-state index in [0.717, 1.165) is 6.42 Å². The van der Waals surface area contributed by atoms with Gasteiger partial charge in [-0.3, -0.25) is 4.79 Å². The second-order valence-corrected chi connectivity index (χ2v) is 4.72. The summed E-state index contributed by atoms with van der Waals surface area (Å²) in [6.45, 7) is 1.53. The standard InChI is InChI=1S/C13H18N4O3/c1-16-4-3-5-17(8-11(16)18)12-10(13(19)20-2)6-9(14)7-15-12/h6-7H,3-5,8,14H2,1-2H3. The lowest BCUT2D eigenvalue weighted by molar-refractivity contribution is -0.127. The lowest BCUT2D eigenvalue weighted by Gasteiger charge is -2.22. The normalized spacial score (nSPS) is 16.0. The smallest absolute Gasteiger partial charge is 0.341 e.